The molecular formula is C12H12F2O3. The third-order valence-corrected chi connectivity index (χ3v) is 1.79. The monoisotopic (exact) mass is 242 g/mol. The van der Waals surface area contributed by atoms with Crippen LogP contribution in [0.25, 0.3) is 0 Å². The number of hydrogen-bond donors (Lipinski definition) is 0. The summed E-state index contributed by atoms with van der Waals surface area (Å²) in [5.41, 5.74) is 0. The van der Waals surface area contributed by atoms with Gasteiger partial charge in [-0.25, -0.2) is 9.18 Å². The van der Waals surface area contributed by atoms with Gasteiger partial charge in [0.1, 0.15) is 5.76 Å². The zero-order valence-electron chi connectivity index (χ0n) is 9.50. The van der Waals surface area contributed by atoms with Crippen LogP contribution in [0.5, 0.6) is 5.75 Å². The molecule has 0 unspecified atom stereocenters. The van der Waals surface area contributed by atoms with Crippen molar-refractivity contribution in [1.82, 2.24) is 0 Å². The summed E-state index contributed by atoms with van der Waals surface area (Å²) in [6.45, 7) is 3.34. The fraction of sp³-hybridized carbons (Fsp3) is 0.250. The van der Waals surface area contributed by atoms with Gasteiger partial charge in [0.25, 0.3) is 0 Å². The molecule has 0 fully saturated rings. The lowest BCUT2D eigenvalue weighted by Crippen LogP contribution is -2.03. The molecule has 0 N–H and O–H groups in total. The summed E-state index contributed by atoms with van der Waals surface area (Å²) in [6, 6.07) is 3.55. The van der Waals surface area contributed by atoms with Crippen LogP contribution < -0.4 is 4.74 Å². The van der Waals surface area contributed by atoms with Gasteiger partial charge < -0.3 is 9.47 Å². The highest BCUT2D eigenvalue weighted by molar-refractivity contribution is 5.82. The second kappa shape index (κ2) is 5.98. The Kier molecular flexibility index (Phi) is 4.63. The molecule has 0 spiro atoms. The molecule has 0 aliphatic heterocycles. The van der Waals surface area contributed by atoms with Crippen molar-refractivity contribution < 1.29 is 23.0 Å². The van der Waals surface area contributed by atoms with Gasteiger partial charge in [0, 0.05) is 0 Å². The van der Waals surface area contributed by atoms with E-state index in [1.807, 2.05) is 0 Å². The van der Waals surface area contributed by atoms with E-state index in [2.05, 4.69) is 4.74 Å². The van der Waals surface area contributed by atoms with Crippen LogP contribution in [0.3, 0.4) is 0 Å². The summed E-state index contributed by atoms with van der Waals surface area (Å²) in [5.74, 6) is -2.85. The van der Waals surface area contributed by atoms with Gasteiger partial charge >= 0.3 is 5.97 Å². The second-order valence-corrected chi connectivity index (χ2v) is 3.16. The first kappa shape index (κ1) is 13.2. The molecular weight excluding hydrogens is 230 g/mol. The minimum atomic E-state index is -1.09. The topological polar surface area (TPSA) is 35.5 Å². The van der Waals surface area contributed by atoms with Crippen molar-refractivity contribution in [3.8, 4) is 5.75 Å². The number of ether oxygens (including phenoxy) is 2. The molecule has 0 heterocycles. The first-order valence-corrected chi connectivity index (χ1v) is 5.01. The lowest BCUT2D eigenvalue weighted by Gasteiger charge is -2.06. The Morgan fingerprint density at radius 1 is 1.41 bits per heavy atom. The van der Waals surface area contributed by atoms with Crippen LogP contribution in [0.2, 0.25) is 0 Å². The predicted molar refractivity (Wildman–Crippen MR) is 57.4 cm³/mol. The molecule has 1 aromatic rings. The average Bonchev–Trinajstić information content (AvgIpc) is 2.25. The number of carbonyl (C=O) groups is 1. The Morgan fingerprint density at radius 3 is 2.76 bits per heavy atom. The van der Waals surface area contributed by atoms with Crippen molar-refractivity contribution in [2.75, 3.05) is 6.61 Å². The molecule has 0 bridgehead atoms. The van der Waals surface area contributed by atoms with Crippen LogP contribution in [0.15, 0.2) is 30.0 Å². The van der Waals surface area contributed by atoms with Gasteiger partial charge in [0.05, 0.1) is 12.7 Å². The number of esters is 1. The molecule has 5 heteroatoms. The summed E-state index contributed by atoms with van der Waals surface area (Å²) in [5, 5.41) is 0. The van der Waals surface area contributed by atoms with E-state index in [9.17, 15) is 13.6 Å². The first-order valence-electron chi connectivity index (χ1n) is 5.01. The highest BCUT2D eigenvalue weighted by atomic mass is 19.2. The molecule has 1 rings (SSSR count). The van der Waals surface area contributed by atoms with E-state index < -0.39 is 17.6 Å². The minimum absolute atomic E-state index is 0.118. The minimum Gasteiger partial charge on any atom is -0.463 e. The number of hydrogen-bond acceptors (Lipinski definition) is 3. The molecule has 0 radical (unpaired) electrons. The molecule has 3 nitrogen and oxygen atoms in total. The fourth-order valence-electron chi connectivity index (χ4n) is 1.12. The summed E-state index contributed by atoms with van der Waals surface area (Å²) in [4.78, 5) is 11.0. The van der Waals surface area contributed by atoms with Gasteiger partial charge in [-0.15, -0.1) is 0 Å². The first-order chi connectivity index (χ1) is 8.04. The van der Waals surface area contributed by atoms with Crippen molar-refractivity contribution >= 4 is 5.97 Å². The van der Waals surface area contributed by atoms with Crippen LogP contribution in [0.1, 0.15) is 13.8 Å². The molecule has 17 heavy (non-hydrogen) atoms. The normalized spacial score (nSPS) is 11.2. The highest BCUT2D eigenvalue weighted by Gasteiger charge is 2.09. The van der Waals surface area contributed by atoms with Gasteiger partial charge in [-0.1, -0.05) is 6.07 Å². The van der Waals surface area contributed by atoms with Gasteiger partial charge in [0.15, 0.2) is 11.6 Å². The standard InChI is InChI=1S/C12H12F2O3/c1-3-16-11(15)7-8(2)17-10-6-4-5-9(13)12(10)14/h4-7H,3H2,1-2H3. The SMILES string of the molecule is CCOC(=O)C=C(C)Oc1cccc(F)c1F. The van der Waals surface area contributed by atoms with Crippen LogP contribution in [-0.2, 0) is 9.53 Å². The Balaban J connectivity index is 2.77. The number of allylic oxidation sites excluding steroid dienone is 1. The van der Waals surface area contributed by atoms with Crippen molar-refractivity contribution in [3.63, 3.8) is 0 Å². The number of rotatable bonds is 4. The van der Waals surface area contributed by atoms with Crippen molar-refractivity contribution in [3.05, 3.63) is 41.7 Å². The van der Waals surface area contributed by atoms with E-state index in [0.29, 0.717) is 0 Å². The maximum absolute atomic E-state index is 13.2. The van der Waals surface area contributed by atoms with E-state index >= 15 is 0 Å². The summed E-state index contributed by atoms with van der Waals surface area (Å²) >= 11 is 0. The number of benzene rings is 1. The lowest BCUT2D eigenvalue weighted by molar-refractivity contribution is -0.137. The maximum atomic E-state index is 13.2. The predicted octanol–water partition coefficient (Wildman–Crippen LogP) is 2.81. The van der Waals surface area contributed by atoms with Crippen molar-refractivity contribution in [2.45, 2.75) is 13.8 Å². The smallest absolute Gasteiger partial charge is 0.334 e. The molecule has 0 aromatic heterocycles. The van der Waals surface area contributed by atoms with Gasteiger partial charge in [-0.2, -0.15) is 4.39 Å². The Labute approximate surface area is 97.7 Å². The van der Waals surface area contributed by atoms with Crippen molar-refractivity contribution in [2.24, 2.45) is 0 Å². The molecule has 0 saturated heterocycles. The average molecular weight is 242 g/mol. The number of carbonyl (C=O) groups excluding carboxylic acids is 1. The van der Waals surface area contributed by atoms with Crippen LogP contribution in [-0.4, -0.2) is 12.6 Å². The molecule has 0 aliphatic rings. The zero-order chi connectivity index (χ0) is 12.8. The summed E-state index contributed by atoms with van der Waals surface area (Å²) < 4.78 is 35.7. The molecule has 92 valence electrons. The Bertz CT molecular complexity index is 441. The highest BCUT2D eigenvalue weighted by Crippen LogP contribution is 2.21. The van der Waals surface area contributed by atoms with E-state index in [0.717, 1.165) is 12.1 Å². The quantitative estimate of drug-likeness (QED) is 0.462. The van der Waals surface area contributed by atoms with Gasteiger partial charge in [-0.3, -0.25) is 0 Å². The third-order valence-electron chi connectivity index (χ3n) is 1.79. The van der Waals surface area contributed by atoms with Crippen LogP contribution in [0.4, 0.5) is 8.78 Å². The zero-order valence-corrected chi connectivity index (χ0v) is 9.50. The third kappa shape index (κ3) is 3.86. The largest absolute Gasteiger partial charge is 0.463 e. The van der Waals surface area contributed by atoms with E-state index in [-0.39, 0.29) is 18.1 Å². The number of halogens is 2. The van der Waals surface area contributed by atoms with Gasteiger partial charge in [-0.05, 0) is 26.0 Å². The maximum Gasteiger partial charge on any atom is 0.334 e. The van der Waals surface area contributed by atoms with E-state index in [1.54, 1.807) is 6.92 Å². The summed E-state index contributed by atoms with van der Waals surface area (Å²) in [6.07, 6.45) is 1.06. The van der Waals surface area contributed by atoms with E-state index in [1.165, 1.54) is 19.1 Å². The Morgan fingerprint density at radius 2 is 2.12 bits per heavy atom. The van der Waals surface area contributed by atoms with Crippen LogP contribution >= 0.6 is 0 Å². The molecule has 1 aromatic carbocycles. The fourth-order valence-corrected chi connectivity index (χ4v) is 1.12. The summed E-state index contributed by atoms with van der Waals surface area (Å²) in [7, 11) is 0. The second-order valence-electron chi connectivity index (χ2n) is 3.16. The van der Waals surface area contributed by atoms with Gasteiger partial charge in [0.2, 0.25) is 5.82 Å². The molecule has 0 amide bonds. The van der Waals surface area contributed by atoms with Crippen molar-refractivity contribution in [1.29, 1.82) is 0 Å². The molecule has 0 atom stereocenters. The molecule has 0 saturated carbocycles. The Hall–Kier alpha value is -1.91. The van der Waals surface area contributed by atoms with E-state index in [4.69, 9.17) is 4.74 Å². The van der Waals surface area contributed by atoms with Crippen LogP contribution in [0, 0.1) is 11.6 Å². The lowest BCUT2D eigenvalue weighted by atomic mass is 10.3. The molecule has 0 aliphatic carbocycles.